The molecule has 0 aliphatic heterocycles. The molecule has 0 fully saturated rings. The Hall–Kier alpha value is 2.96. The van der Waals surface area contributed by atoms with Crippen LogP contribution in [0, 0.1) is 31.1 Å². The minimum atomic E-state index is 0. The van der Waals surface area contributed by atoms with Gasteiger partial charge in [0.15, 0.2) is 0 Å². The molecule has 0 spiro atoms. The minimum Gasteiger partial charge on any atom is 0 e. The van der Waals surface area contributed by atoms with E-state index in [1.165, 1.54) is 0 Å². The van der Waals surface area contributed by atoms with Crippen LogP contribution >= 0.6 is 0 Å². The van der Waals surface area contributed by atoms with Crippen molar-refractivity contribution in [3.05, 3.63) is 0 Å². The van der Waals surface area contributed by atoms with Gasteiger partial charge in [0, 0.05) is 31.1 Å². The Balaban J connectivity index is 0. The maximum Gasteiger partial charge on any atom is 0 e. The van der Waals surface area contributed by atoms with Gasteiger partial charge >= 0.3 is 59.4 Å². The fraction of sp³-hybridized carbons (Fsp3) is 0. The molecule has 0 amide bonds. The van der Waals surface area contributed by atoms with E-state index in [1.54, 1.807) is 0 Å². The molecule has 0 aromatic carbocycles. The van der Waals surface area contributed by atoms with Gasteiger partial charge in [0.2, 0.25) is 0 Å². The standard InChI is InChI=1S/3Ga.U.9H. The van der Waals surface area contributed by atoms with Gasteiger partial charge < -0.3 is 0 Å². The Morgan fingerprint density at radius 3 is 0.500 bits per heavy atom. The van der Waals surface area contributed by atoms with Gasteiger partial charge in [0.05, 0.1) is 0 Å². The second-order valence-electron chi connectivity index (χ2n) is 0. The van der Waals surface area contributed by atoms with Crippen molar-refractivity contribution in [2.24, 2.45) is 0 Å². The van der Waals surface area contributed by atoms with Gasteiger partial charge in [-0.1, -0.05) is 0 Å². The maximum absolute atomic E-state index is 0. The first kappa shape index (κ1) is 28.2. The summed E-state index contributed by atoms with van der Waals surface area (Å²) in [4.78, 5) is 0. The van der Waals surface area contributed by atoms with Crippen LogP contribution in [0.1, 0.15) is 0 Å². The molecule has 0 saturated heterocycles. The Bertz CT molecular complexity index is 3.25. The molecule has 0 rings (SSSR count). The maximum atomic E-state index is 0. The molecule has 0 aromatic heterocycles. The van der Waals surface area contributed by atoms with E-state index in [1.807, 2.05) is 0 Å². The van der Waals surface area contributed by atoms with Crippen molar-refractivity contribution in [3.63, 3.8) is 0 Å². The Morgan fingerprint density at radius 1 is 0.500 bits per heavy atom. The van der Waals surface area contributed by atoms with E-state index in [0.717, 1.165) is 0 Å². The summed E-state index contributed by atoms with van der Waals surface area (Å²) >= 11 is 0. The number of hydrogen-bond acceptors (Lipinski definition) is 0. The largest absolute Gasteiger partial charge is 0 e. The fourth-order valence-electron chi connectivity index (χ4n) is 0. The second kappa shape index (κ2) is 16.7. The molecule has 4 heavy (non-hydrogen) atoms. The summed E-state index contributed by atoms with van der Waals surface area (Å²) in [6.45, 7) is 0. The second-order valence-corrected chi connectivity index (χ2v) is 0. The van der Waals surface area contributed by atoms with Crippen molar-refractivity contribution in [1.29, 1.82) is 0 Å². The SMILES string of the molecule is [GaH3].[GaH3].[GaH3].[U]. The molecular formula is H9Ga3U. The monoisotopic (exact) mass is 454 g/mol. The summed E-state index contributed by atoms with van der Waals surface area (Å²) in [5.74, 6) is 0. The zero-order valence-corrected chi connectivity index (χ0v) is 4.66. The smallest absolute Gasteiger partial charge is 0 e. The zero-order chi connectivity index (χ0) is 0. The van der Waals surface area contributed by atoms with Crippen LogP contribution in [0.5, 0.6) is 0 Å². The molecule has 0 radical (unpaired) electrons. The third kappa shape index (κ3) is 8.88. The first-order valence-electron chi connectivity index (χ1n) is 0. The molecule has 0 aliphatic rings. The summed E-state index contributed by atoms with van der Waals surface area (Å²) in [5.41, 5.74) is 0. The molecule has 0 N–H and O–H groups in total. The first-order valence-corrected chi connectivity index (χ1v) is 0. The van der Waals surface area contributed by atoms with Crippen molar-refractivity contribution < 1.29 is 31.1 Å². The van der Waals surface area contributed by atoms with Gasteiger partial charge in [0.25, 0.3) is 0 Å². The molecule has 0 unspecified atom stereocenters. The summed E-state index contributed by atoms with van der Waals surface area (Å²) in [5, 5.41) is 0. The van der Waals surface area contributed by atoms with Crippen molar-refractivity contribution in [2.45, 2.75) is 0 Å². The van der Waals surface area contributed by atoms with Crippen LogP contribution in [-0.4, -0.2) is 59.4 Å². The van der Waals surface area contributed by atoms with Crippen LogP contribution in [0.25, 0.3) is 0 Å². The summed E-state index contributed by atoms with van der Waals surface area (Å²) in [6, 6.07) is 0. The normalized spacial score (nSPS) is 0. The average molecular weight is 456 g/mol. The van der Waals surface area contributed by atoms with E-state index in [9.17, 15) is 0 Å². The van der Waals surface area contributed by atoms with Crippen molar-refractivity contribution in [3.8, 4) is 0 Å². The van der Waals surface area contributed by atoms with Crippen LogP contribution < -0.4 is 0 Å². The molecule has 0 bridgehead atoms. The van der Waals surface area contributed by atoms with Crippen LogP contribution in [0.3, 0.4) is 0 Å². The van der Waals surface area contributed by atoms with Crippen molar-refractivity contribution in [1.82, 2.24) is 0 Å². The Morgan fingerprint density at radius 2 is 0.500 bits per heavy atom. The molecule has 0 aromatic rings. The minimum absolute atomic E-state index is 0. The van der Waals surface area contributed by atoms with Crippen LogP contribution in [0.15, 0.2) is 0 Å². The summed E-state index contributed by atoms with van der Waals surface area (Å²) in [7, 11) is 0. The molecule has 0 aliphatic carbocycles. The van der Waals surface area contributed by atoms with Gasteiger partial charge in [-0.25, -0.2) is 0 Å². The molecule has 0 heterocycles. The van der Waals surface area contributed by atoms with Gasteiger partial charge in [-0.3, -0.25) is 0 Å². The molecule has 4 heteroatoms. The van der Waals surface area contributed by atoms with Crippen LogP contribution in [0.2, 0.25) is 0 Å². The number of rotatable bonds is 0. The van der Waals surface area contributed by atoms with E-state index in [4.69, 9.17) is 0 Å². The Labute approximate surface area is 88.8 Å². The van der Waals surface area contributed by atoms with Gasteiger partial charge in [0.1, 0.15) is 0 Å². The quantitative estimate of drug-likeness (QED) is 0.332. The summed E-state index contributed by atoms with van der Waals surface area (Å²) in [6.07, 6.45) is 0. The first-order chi connectivity index (χ1) is 0. The fourth-order valence-corrected chi connectivity index (χ4v) is 0. The Kier molecular flexibility index (Phi) is 118. The van der Waals surface area contributed by atoms with Crippen molar-refractivity contribution in [2.75, 3.05) is 0 Å². The van der Waals surface area contributed by atoms with E-state index in [0.29, 0.717) is 0 Å². The van der Waals surface area contributed by atoms with Gasteiger partial charge in [-0.2, -0.15) is 0 Å². The van der Waals surface area contributed by atoms with E-state index >= 15 is 0 Å². The zero-order valence-electron chi connectivity index (χ0n) is 0.500. The summed E-state index contributed by atoms with van der Waals surface area (Å²) < 4.78 is 0. The van der Waals surface area contributed by atoms with E-state index in [2.05, 4.69) is 0 Å². The third-order valence-electron chi connectivity index (χ3n) is 0. The van der Waals surface area contributed by atoms with Gasteiger partial charge in [-0.15, -0.1) is 0 Å². The predicted octanol–water partition coefficient (Wildman–Crippen LogP) is -3.55. The number of hydrogen-bond donors (Lipinski definition) is 0. The van der Waals surface area contributed by atoms with E-state index in [-0.39, 0.29) is 90.5 Å². The molecule has 22 valence electrons. The third-order valence-corrected chi connectivity index (χ3v) is 0. The van der Waals surface area contributed by atoms with Crippen molar-refractivity contribution >= 4 is 59.4 Å². The topological polar surface area (TPSA) is 0 Å². The average Bonchev–Trinajstić information content (AvgIpc) is 0. The van der Waals surface area contributed by atoms with Gasteiger partial charge in [-0.05, 0) is 0 Å². The molecule has 0 atom stereocenters. The van der Waals surface area contributed by atoms with Crippen LogP contribution in [-0.2, 0) is 0 Å². The molecule has 0 nitrogen and oxygen atoms in total. The molecule has 0 saturated carbocycles. The predicted molar refractivity (Wildman–Crippen MR) is 29.8 cm³/mol. The molecular weight excluding hydrogens is 447 g/mol. The van der Waals surface area contributed by atoms with Crippen LogP contribution in [0.4, 0.5) is 0 Å². The van der Waals surface area contributed by atoms with E-state index < -0.39 is 0 Å².